The lowest BCUT2D eigenvalue weighted by Gasteiger charge is -2.26. The van der Waals surface area contributed by atoms with E-state index in [0.717, 1.165) is 29.5 Å². The molecule has 1 amide bonds. The van der Waals surface area contributed by atoms with E-state index in [2.05, 4.69) is 10.2 Å². The Hall–Kier alpha value is -2.90. The Morgan fingerprint density at radius 2 is 1.82 bits per heavy atom. The molecule has 7 heteroatoms. The SMILES string of the molecule is COc1ccc(NC(=O)c2sc(N3CCOCC3)nc2-c2ccccc2)cc1. The summed E-state index contributed by atoms with van der Waals surface area (Å²) in [5.41, 5.74) is 2.35. The van der Waals surface area contributed by atoms with Crippen LogP contribution >= 0.6 is 11.3 Å². The van der Waals surface area contributed by atoms with Gasteiger partial charge in [-0.2, -0.15) is 0 Å². The van der Waals surface area contributed by atoms with Gasteiger partial charge >= 0.3 is 0 Å². The first-order valence-corrected chi connectivity index (χ1v) is 9.90. The van der Waals surface area contributed by atoms with Crippen molar-refractivity contribution in [3.8, 4) is 17.0 Å². The maximum atomic E-state index is 13.0. The van der Waals surface area contributed by atoms with Crippen LogP contribution in [0.2, 0.25) is 0 Å². The zero-order valence-corrected chi connectivity index (χ0v) is 16.4. The lowest BCUT2D eigenvalue weighted by atomic mass is 10.1. The average Bonchev–Trinajstić information content (AvgIpc) is 3.21. The smallest absolute Gasteiger partial charge is 0.268 e. The second-order valence-corrected chi connectivity index (χ2v) is 7.30. The minimum absolute atomic E-state index is 0.166. The molecule has 1 fully saturated rings. The number of carbonyl (C=O) groups excluding carboxylic acids is 1. The molecule has 28 heavy (non-hydrogen) atoms. The molecule has 1 aromatic heterocycles. The van der Waals surface area contributed by atoms with Crippen LogP contribution in [0.3, 0.4) is 0 Å². The fourth-order valence-electron chi connectivity index (χ4n) is 3.01. The van der Waals surface area contributed by atoms with Gasteiger partial charge in [0.05, 0.1) is 26.0 Å². The van der Waals surface area contributed by atoms with Gasteiger partial charge in [-0.1, -0.05) is 41.7 Å². The third-order valence-corrected chi connectivity index (χ3v) is 5.61. The van der Waals surface area contributed by atoms with Crippen LogP contribution in [0.5, 0.6) is 5.75 Å². The zero-order chi connectivity index (χ0) is 19.3. The number of hydrogen-bond donors (Lipinski definition) is 1. The predicted molar refractivity (Wildman–Crippen MR) is 112 cm³/mol. The van der Waals surface area contributed by atoms with Crippen molar-refractivity contribution in [2.45, 2.75) is 0 Å². The molecule has 0 unspecified atom stereocenters. The van der Waals surface area contributed by atoms with E-state index in [-0.39, 0.29) is 5.91 Å². The van der Waals surface area contributed by atoms with E-state index in [1.54, 1.807) is 7.11 Å². The molecule has 1 aliphatic rings. The lowest BCUT2D eigenvalue weighted by molar-refractivity contribution is 0.103. The number of nitrogens with one attached hydrogen (secondary N) is 1. The normalized spacial score (nSPS) is 14.0. The molecule has 2 aromatic carbocycles. The van der Waals surface area contributed by atoms with Gasteiger partial charge < -0.3 is 19.7 Å². The largest absolute Gasteiger partial charge is 0.497 e. The van der Waals surface area contributed by atoms with E-state index in [1.807, 2.05) is 54.6 Å². The predicted octanol–water partition coefficient (Wildman–Crippen LogP) is 3.91. The summed E-state index contributed by atoms with van der Waals surface area (Å²) in [6, 6.07) is 17.1. The lowest BCUT2D eigenvalue weighted by Crippen LogP contribution is -2.36. The summed E-state index contributed by atoms with van der Waals surface area (Å²) in [5, 5.41) is 3.82. The number of anilines is 2. The van der Waals surface area contributed by atoms with Crippen molar-refractivity contribution >= 4 is 28.1 Å². The second kappa shape index (κ2) is 8.41. The first kappa shape index (κ1) is 18.5. The van der Waals surface area contributed by atoms with Crippen LogP contribution in [-0.2, 0) is 4.74 Å². The maximum absolute atomic E-state index is 13.0. The van der Waals surface area contributed by atoms with Crippen molar-refractivity contribution in [2.24, 2.45) is 0 Å². The van der Waals surface area contributed by atoms with Gasteiger partial charge in [0.2, 0.25) is 0 Å². The minimum Gasteiger partial charge on any atom is -0.497 e. The first-order valence-electron chi connectivity index (χ1n) is 9.09. The van der Waals surface area contributed by atoms with E-state index in [0.29, 0.717) is 29.5 Å². The molecule has 1 saturated heterocycles. The summed E-state index contributed by atoms with van der Waals surface area (Å²) in [4.78, 5) is 20.6. The molecular formula is C21H21N3O3S. The highest BCUT2D eigenvalue weighted by Crippen LogP contribution is 2.34. The van der Waals surface area contributed by atoms with Crippen molar-refractivity contribution in [2.75, 3.05) is 43.6 Å². The van der Waals surface area contributed by atoms with Gasteiger partial charge in [-0.25, -0.2) is 4.98 Å². The van der Waals surface area contributed by atoms with Crippen LogP contribution in [0, 0.1) is 0 Å². The summed E-state index contributed by atoms with van der Waals surface area (Å²) >= 11 is 1.42. The van der Waals surface area contributed by atoms with Gasteiger partial charge in [-0.15, -0.1) is 0 Å². The number of rotatable bonds is 5. The molecule has 1 aliphatic heterocycles. The summed E-state index contributed by atoms with van der Waals surface area (Å²) in [5.74, 6) is 0.580. The number of nitrogens with zero attached hydrogens (tertiary/aromatic N) is 2. The number of morpholine rings is 1. The third-order valence-electron chi connectivity index (χ3n) is 4.50. The minimum atomic E-state index is -0.166. The van der Waals surface area contributed by atoms with Gasteiger partial charge in [0.25, 0.3) is 5.91 Å². The van der Waals surface area contributed by atoms with Crippen LogP contribution in [0.1, 0.15) is 9.67 Å². The quantitative estimate of drug-likeness (QED) is 0.710. The highest BCUT2D eigenvalue weighted by molar-refractivity contribution is 7.18. The van der Waals surface area contributed by atoms with Gasteiger partial charge in [0.15, 0.2) is 5.13 Å². The van der Waals surface area contributed by atoms with Gasteiger partial charge in [-0.05, 0) is 24.3 Å². The number of benzene rings is 2. The number of thiazole rings is 1. The number of hydrogen-bond acceptors (Lipinski definition) is 6. The molecule has 1 N–H and O–H groups in total. The molecule has 4 rings (SSSR count). The zero-order valence-electron chi connectivity index (χ0n) is 15.6. The molecule has 0 atom stereocenters. The van der Waals surface area contributed by atoms with Crippen molar-refractivity contribution in [3.63, 3.8) is 0 Å². The highest BCUT2D eigenvalue weighted by atomic mass is 32.1. The molecule has 0 aliphatic carbocycles. The monoisotopic (exact) mass is 395 g/mol. The number of ether oxygens (including phenoxy) is 2. The number of methoxy groups -OCH3 is 1. The van der Waals surface area contributed by atoms with Gasteiger partial charge in [-0.3, -0.25) is 4.79 Å². The van der Waals surface area contributed by atoms with Crippen LogP contribution in [0.15, 0.2) is 54.6 Å². The van der Waals surface area contributed by atoms with Crippen molar-refractivity contribution in [1.82, 2.24) is 4.98 Å². The Kier molecular flexibility index (Phi) is 5.55. The molecule has 144 valence electrons. The Balaban J connectivity index is 1.65. The van der Waals surface area contributed by atoms with Crippen LogP contribution in [-0.4, -0.2) is 44.3 Å². The van der Waals surface area contributed by atoms with Crippen LogP contribution in [0.25, 0.3) is 11.3 Å². The molecule has 2 heterocycles. The fraction of sp³-hybridized carbons (Fsp3) is 0.238. The topological polar surface area (TPSA) is 63.7 Å². The fourth-order valence-corrected chi connectivity index (χ4v) is 4.04. The standard InChI is InChI=1S/C21H21N3O3S/c1-26-17-9-7-16(8-10-17)22-20(25)19-18(15-5-3-2-4-6-15)23-21(28-19)24-11-13-27-14-12-24/h2-10H,11-14H2,1H3,(H,22,25). The molecule has 0 bridgehead atoms. The van der Waals surface area contributed by atoms with E-state index in [1.165, 1.54) is 11.3 Å². The molecule has 3 aromatic rings. The molecule has 6 nitrogen and oxygen atoms in total. The highest BCUT2D eigenvalue weighted by Gasteiger charge is 2.23. The van der Waals surface area contributed by atoms with Crippen molar-refractivity contribution < 1.29 is 14.3 Å². The first-order chi connectivity index (χ1) is 13.7. The third kappa shape index (κ3) is 4.00. The maximum Gasteiger partial charge on any atom is 0.268 e. The van der Waals surface area contributed by atoms with Crippen LogP contribution in [0.4, 0.5) is 10.8 Å². The summed E-state index contributed by atoms with van der Waals surface area (Å²) in [6.07, 6.45) is 0. The molecular weight excluding hydrogens is 374 g/mol. The molecule has 0 spiro atoms. The van der Waals surface area contributed by atoms with Crippen molar-refractivity contribution in [3.05, 3.63) is 59.5 Å². The van der Waals surface area contributed by atoms with E-state index in [4.69, 9.17) is 14.5 Å². The summed E-state index contributed by atoms with van der Waals surface area (Å²) in [7, 11) is 1.62. The van der Waals surface area contributed by atoms with E-state index < -0.39 is 0 Å². The Morgan fingerprint density at radius 3 is 2.50 bits per heavy atom. The summed E-state index contributed by atoms with van der Waals surface area (Å²) in [6.45, 7) is 2.91. The number of carbonyl (C=O) groups is 1. The second-order valence-electron chi connectivity index (χ2n) is 6.32. The van der Waals surface area contributed by atoms with Gasteiger partial charge in [0, 0.05) is 24.3 Å². The Morgan fingerprint density at radius 1 is 1.11 bits per heavy atom. The van der Waals surface area contributed by atoms with Crippen LogP contribution < -0.4 is 15.0 Å². The Labute approximate surface area is 167 Å². The number of amides is 1. The van der Waals surface area contributed by atoms with Gasteiger partial charge in [0.1, 0.15) is 10.6 Å². The van der Waals surface area contributed by atoms with E-state index in [9.17, 15) is 4.79 Å². The number of aromatic nitrogens is 1. The molecule has 0 radical (unpaired) electrons. The van der Waals surface area contributed by atoms with Crippen molar-refractivity contribution in [1.29, 1.82) is 0 Å². The average molecular weight is 395 g/mol. The van der Waals surface area contributed by atoms with E-state index >= 15 is 0 Å². The Bertz CT molecular complexity index is 935. The summed E-state index contributed by atoms with van der Waals surface area (Å²) < 4.78 is 10.6. The molecule has 0 saturated carbocycles.